The molecule has 2 rings (SSSR count). The summed E-state index contributed by atoms with van der Waals surface area (Å²) in [5.74, 6) is 0. The van der Waals surface area contributed by atoms with Crippen molar-refractivity contribution in [3.8, 4) is 0 Å². The molecule has 0 fully saturated rings. The van der Waals surface area contributed by atoms with Gasteiger partial charge in [-0.1, -0.05) is 65.5 Å². The Morgan fingerprint density at radius 2 is 0.892 bits per heavy atom. The second kappa shape index (κ2) is 18.4. The molecule has 0 heterocycles. The van der Waals surface area contributed by atoms with Gasteiger partial charge in [0.15, 0.2) is 0 Å². The summed E-state index contributed by atoms with van der Waals surface area (Å²) in [5.41, 5.74) is -0.0366. The fourth-order valence-electron chi connectivity index (χ4n) is 4.22. The molecule has 0 aromatic heterocycles. The quantitative estimate of drug-likeness (QED) is 0.201. The van der Waals surface area contributed by atoms with Gasteiger partial charge in [-0.05, 0) is 85.0 Å². The summed E-state index contributed by atoms with van der Waals surface area (Å²) >= 11 is 10.6. The predicted octanol–water partition coefficient (Wildman–Crippen LogP) is 5.87. The molecule has 0 aliphatic rings. The van der Waals surface area contributed by atoms with Gasteiger partial charge in [0.2, 0.25) is 0 Å². The summed E-state index contributed by atoms with van der Waals surface area (Å²) < 4.78 is 0. The first-order valence-corrected chi connectivity index (χ1v) is 20.6. The zero-order chi connectivity index (χ0) is 27.5. The van der Waals surface area contributed by atoms with Gasteiger partial charge in [-0.2, -0.15) is 11.4 Å². The van der Waals surface area contributed by atoms with E-state index in [1.807, 2.05) is 26.0 Å². The van der Waals surface area contributed by atoms with Gasteiger partial charge in [0.25, 0.3) is 0 Å². The second-order valence-corrected chi connectivity index (χ2v) is 20.0. The van der Waals surface area contributed by atoms with Gasteiger partial charge in [-0.3, -0.25) is 0 Å². The van der Waals surface area contributed by atoms with Crippen LogP contribution in [0.25, 0.3) is 0 Å². The van der Waals surface area contributed by atoms with Crippen molar-refractivity contribution >= 4 is 57.8 Å². The van der Waals surface area contributed by atoms with E-state index in [0.717, 1.165) is 95.0 Å². The normalized spacial score (nSPS) is 11.5. The zero-order valence-electron chi connectivity index (χ0n) is 22.5. The van der Waals surface area contributed by atoms with Gasteiger partial charge in [0.05, 0.1) is 0 Å². The molecule has 37 heavy (non-hydrogen) atoms. The monoisotopic (exact) mass is 702 g/mol. The van der Waals surface area contributed by atoms with Crippen molar-refractivity contribution in [1.29, 1.82) is 0 Å². The fourth-order valence-corrected chi connectivity index (χ4v) is 9.56. The molecule has 0 radical (unpaired) electrons. The number of benzene rings is 2. The van der Waals surface area contributed by atoms with Gasteiger partial charge >= 0.3 is 21.1 Å². The summed E-state index contributed by atoms with van der Waals surface area (Å²) in [5, 5.41) is 0. The van der Waals surface area contributed by atoms with E-state index in [2.05, 4.69) is 63.4 Å². The van der Waals surface area contributed by atoms with Crippen LogP contribution in [-0.2, 0) is 70.4 Å². The van der Waals surface area contributed by atoms with E-state index in [0.29, 0.717) is 0 Å². The van der Waals surface area contributed by atoms with Crippen molar-refractivity contribution in [2.75, 3.05) is 0 Å². The fraction of sp³-hybridized carbons (Fsp3) is 0.538. The molecule has 0 atom stereocenters. The average Bonchev–Trinajstić information content (AvgIpc) is 2.76. The molecule has 0 aliphatic carbocycles. The third-order valence-electron chi connectivity index (χ3n) is 5.75. The Bertz CT molecular complexity index is 1000. The smallest absolute Gasteiger partial charge is 0.824 e. The van der Waals surface area contributed by atoms with Crippen LogP contribution in [0, 0.1) is 13.8 Å². The van der Waals surface area contributed by atoms with Crippen molar-refractivity contribution in [3.05, 3.63) is 57.6 Å². The molecule has 2 aromatic rings. The molecule has 0 aliphatic heterocycles. The van der Waals surface area contributed by atoms with Crippen LogP contribution in [0.4, 0.5) is 0 Å². The first-order valence-electron chi connectivity index (χ1n) is 12.4. The second-order valence-electron chi connectivity index (χ2n) is 8.73. The Hall–Kier alpha value is 0.968. The Kier molecular flexibility index (Phi) is 18.9. The van der Waals surface area contributed by atoms with Crippen LogP contribution >= 0.6 is 34.2 Å². The standard InChI is InChI=1S/2C13H21O2PS2.Mo/c2*1-4-6-11-8-9-13(18-16(14,15)17)10(3)12(11)7-5-2;/h2*8-9H,4-7H2,1-3H3,(H2,14,15,17);/q;;+4/p-4. The van der Waals surface area contributed by atoms with Gasteiger partial charge < -0.3 is 19.6 Å². The molecule has 0 saturated carbocycles. The van der Waals surface area contributed by atoms with Crippen LogP contribution in [0.15, 0.2) is 34.1 Å². The van der Waals surface area contributed by atoms with Gasteiger partial charge in [0.1, 0.15) is 0 Å². The van der Waals surface area contributed by atoms with Crippen LogP contribution in [0.5, 0.6) is 0 Å². The maximum Gasteiger partial charge on any atom is 4.00 e. The molecule has 0 N–H and O–H groups in total. The maximum atomic E-state index is 11.2. The van der Waals surface area contributed by atoms with Crippen molar-refractivity contribution in [2.45, 2.75) is 103 Å². The third kappa shape index (κ3) is 13.9. The summed E-state index contributed by atoms with van der Waals surface area (Å²) in [6, 6.07) is 7.88. The number of hydrogen-bond donors (Lipinski definition) is 0. The average molecular weight is 701 g/mol. The molecule has 206 valence electrons. The minimum Gasteiger partial charge on any atom is -0.824 e. The van der Waals surface area contributed by atoms with E-state index in [9.17, 15) is 19.6 Å². The van der Waals surface area contributed by atoms with Gasteiger partial charge in [0, 0.05) is 9.79 Å². The van der Waals surface area contributed by atoms with E-state index in [1.165, 1.54) is 22.3 Å². The van der Waals surface area contributed by atoms with Crippen molar-refractivity contribution in [3.63, 3.8) is 0 Å². The number of rotatable bonds is 12. The molecule has 0 saturated heterocycles. The molecule has 0 unspecified atom stereocenters. The molecule has 4 nitrogen and oxygen atoms in total. The molecular formula is C26H38MoO4P2S4. The first kappa shape index (κ1) is 38.0. The molecule has 0 spiro atoms. The van der Waals surface area contributed by atoms with E-state index in [1.54, 1.807) is 0 Å². The number of hydrogen-bond acceptors (Lipinski definition) is 8. The minimum absolute atomic E-state index is 0. The topological polar surface area (TPSA) is 92.2 Å². The summed E-state index contributed by atoms with van der Waals surface area (Å²) in [4.78, 5) is 46.5. The van der Waals surface area contributed by atoms with Crippen LogP contribution in [0.1, 0.15) is 86.8 Å². The minimum atomic E-state index is -3.73. The molecule has 0 bridgehead atoms. The van der Waals surface area contributed by atoms with Crippen LogP contribution in [-0.4, -0.2) is 0 Å². The zero-order valence-corrected chi connectivity index (χ0v) is 29.6. The largest absolute Gasteiger partial charge is 4.00 e. The Morgan fingerprint density at radius 1 is 0.595 bits per heavy atom. The van der Waals surface area contributed by atoms with Crippen molar-refractivity contribution in [2.24, 2.45) is 0 Å². The van der Waals surface area contributed by atoms with Gasteiger partial charge in [-0.15, -0.1) is 46.4 Å². The van der Waals surface area contributed by atoms with E-state index >= 15 is 0 Å². The number of aryl methyl sites for hydroxylation is 2. The van der Waals surface area contributed by atoms with Crippen molar-refractivity contribution < 1.29 is 40.6 Å². The Morgan fingerprint density at radius 3 is 1.14 bits per heavy atom. The third-order valence-corrected chi connectivity index (χ3v) is 11.3. The summed E-state index contributed by atoms with van der Waals surface area (Å²) in [7, 11) is 0. The van der Waals surface area contributed by atoms with E-state index < -0.39 is 11.4 Å². The van der Waals surface area contributed by atoms with E-state index in [-0.39, 0.29) is 21.1 Å². The SMILES string of the molecule is CCCc1ccc(SP([O-])([O-])=S)c(C)c1CCC.CCCc1ccc(SP([O-])([O-])=S)c(C)c1CCC.[Mo+4]. The van der Waals surface area contributed by atoms with Gasteiger partial charge in [-0.25, -0.2) is 0 Å². The Labute approximate surface area is 256 Å². The molecular weight excluding hydrogens is 662 g/mol. The summed E-state index contributed by atoms with van der Waals surface area (Å²) in [6.45, 7) is 12.6. The maximum absolute atomic E-state index is 11.2. The van der Waals surface area contributed by atoms with Crippen LogP contribution < -0.4 is 19.6 Å². The van der Waals surface area contributed by atoms with E-state index in [4.69, 9.17) is 0 Å². The summed E-state index contributed by atoms with van der Waals surface area (Å²) in [6.07, 6.45) is 8.41. The van der Waals surface area contributed by atoms with Crippen LogP contribution in [0.3, 0.4) is 0 Å². The first-order chi connectivity index (χ1) is 16.8. The predicted molar refractivity (Wildman–Crippen MR) is 159 cm³/mol. The molecule has 11 heteroatoms. The molecule has 0 amide bonds. The van der Waals surface area contributed by atoms with Crippen molar-refractivity contribution in [1.82, 2.24) is 0 Å². The van der Waals surface area contributed by atoms with Crippen LogP contribution in [0.2, 0.25) is 0 Å². The molecule has 2 aromatic carbocycles. The Balaban J connectivity index is 0.000000682.